The van der Waals surface area contributed by atoms with Gasteiger partial charge in [-0.15, -0.1) is 0 Å². The predicted molar refractivity (Wildman–Crippen MR) is 55.1 cm³/mol. The molecule has 1 aromatic carbocycles. The van der Waals surface area contributed by atoms with Crippen LogP contribution in [0, 0.1) is 11.6 Å². The van der Waals surface area contributed by atoms with Gasteiger partial charge in [0.05, 0.1) is 6.20 Å². The summed E-state index contributed by atoms with van der Waals surface area (Å²) in [5.74, 6) is -1.92. The van der Waals surface area contributed by atoms with Crippen molar-refractivity contribution in [1.29, 1.82) is 0 Å². The molecule has 2 aromatic rings. The number of benzene rings is 1. The zero-order chi connectivity index (χ0) is 11.5. The molecule has 5 heteroatoms. The third kappa shape index (κ3) is 2.08. The molecule has 2 N–H and O–H groups in total. The molecule has 0 saturated heterocycles. The molecule has 0 amide bonds. The van der Waals surface area contributed by atoms with Gasteiger partial charge in [0.1, 0.15) is 5.75 Å². The Balaban J connectivity index is 2.35. The standard InChI is InChI=1S/C11H8F2N2O/c12-9-4-7(14)5-10(13)11(9)16-8-2-1-3-15-6-8/h1-6H,14H2. The van der Waals surface area contributed by atoms with Crippen LogP contribution in [-0.2, 0) is 0 Å². The lowest BCUT2D eigenvalue weighted by atomic mass is 10.3. The Kier molecular flexibility index (Phi) is 2.68. The van der Waals surface area contributed by atoms with Gasteiger partial charge in [-0.2, -0.15) is 0 Å². The van der Waals surface area contributed by atoms with Gasteiger partial charge in [-0.25, -0.2) is 8.78 Å². The number of hydrogen-bond donors (Lipinski definition) is 1. The number of hydrogen-bond acceptors (Lipinski definition) is 3. The summed E-state index contributed by atoms with van der Waals surface area (Å²) in [4.78, 5) is 3.76. The Morgan fingerprint density at radius 2 is 1.88 bits per heavy atom. The van der Waals surface area contributed by atoms with Gasteiger partial charge in [0.25, 0.3) is 0 Å². The monoisotopic (exact) mass is 222 g/mol. The molecule has 0 bridgehead atoms. The predicted octanol–water partition coefficient (Wildman–Crippen LogP) is 2.73. The molecule has 0 radical (unpaired) electrons. The Hall–Kier alpha value is -2.17. The van der Waals surface area contributed by atoms with E-state index in [0.717, 1.165) is 12.1 Å². The summed E-state index contributed by atoms with van der Waals surface area (Å²) in [5, 5.41) is 0. The molecule has 0 spiro atoms. The van der Waals surface area contributed by atoms with E-state index in [-0.39, 0.29) is 11.4 Å². The molecular formula is C11H8F2N2O. The highest BCUT2D eigenvalue weighted by atomic mass is 19.1. The highest BCUT2D eigenvalue weighted by Gasteiger charge is 2.12. The van der Waals surface area contributed by atoms with Crippen LogP contribution in [0.2, 0.25) is 0 Å². The van der Waals surface area contributed by atoms with Gasteiger partial charge >= 0.3 is 0 Å². The molecule has 1 heterocycles. The number of ether oxygens (including phenoxy) is 1. The molecule has 82 valence electrons. The Morgan fingerprint density at radius 1 is 1.19 bits per heavy atom. The molecule has 0 saturated carbocycles. The van der Waals surface area contributed by atoms with E-state index < -0.39 is 17.4 Å². The number of nitrogens with two attached hydrogens (primary N) is 1. The van der Waals surface area contributed by atoms with Crippen LogP contribution in [0.25, 0.3) is 0 Å². The number of halogens is 2. The first kappa shape index (κ1) is 10.4. The second-order valence-corrected chi connectivity index (χ2v) is 3.10. The molecule has 2 rings (SSSR count). The fraction of sp³-hybridized carbons (Fsp3) is 0. The van der Waals surface area contributed by atoms with E-state index in [9.17, 15) is 8.78 Å². The van der Waals surface area contributed by atoms with Crippen LogP contribution in [0.5, 0.6) is 11.5 Å². The number of pyridine rings is 1. The Bertz CT molecular complexity index is 480. The van der Waals surface area contributed by atoms with Crippen molar-refractivity contribution < 1.29 is 13.5 Å². The summed E-state index contributed by atoms with van der Waals surface area (Å²) in [5.41, 5.74) is 5.28. The highest BCUT2D eigenvalue weighted by molar-refractivity contribution is 5.45. The second-order valence-electron chi connectivity index (χ2n) is 3.10. The zero-order valence-electron chi connectivity index (χ0n) is 8.15. The molecule has 0 unspecified atom stereocenters. The quantitative estimate of drug-likeness (QED) is 0.795. The minimum absolute atomic E-state index is 0.00790. The summed E-state index contributed by atoms with van der Waals surface area (Å²) >= 11 is 0. The third-order valence-corrected chi connectivity index (χ3v) is 1.87. The van der Waals surface area contributed by atoms with Crippen molar-refractivity contribution >= 4 is 5.69 Å². The lowest BCUT2D eigenvalue weighted by molar-refractivity contribution is 0.406. The molecule has 0 aliphatic heterocycles. The first-order chi connectivity index (χ1) is 7.66. The van der Waals surface area contributed by atoms with Crippen molar-refractivity contribution in [3.63, 3.8) is 0 Å². The first-order valence-electron chi connectivity index (χ1n) is 4.49. The van der Waals surface area contributed by atoms with Gasteiger partial charge in [-0.1, -0.05) is 0 Å². The van der Waals surface area contributed by atoms with Gasteiger partial charge < -0.3 is 10.5 Å². The molecule has 16 heavy (non-hydrogen) atoms. The molecule has 0 aliphatic carbocycles. The number of aromatic nitrogens is 1. The van der Waals surface area contributed by atoms with Crippen LogP contribution < -0.4 is 10.5 Å². The number of nitrogens with zero attached hydrogens (tertiary/aromatic N) is 1. The van der Waals surface area contributed by atoms with Crippen molar-refractivity contribution in [3.8, 4) is 11.5 Å². The normalized spacial score (nSPS) is 10.1. The summed E-state index contributed by atoms with van der Waals surface area (Å²) in [7, 11) is 0. The van der Waals surface area contributed by atoms with Crippen molar-refractivity contribution in [2.75, 3.05) is 5.73 Å². The summed E-state index contributed by atoms with van der Waals surface area (Å²) < 4.78 is 31.7. The minimum Gasteiger partial charge on any atom is -0.450 e. The molecule has 0 atom stereocenters. The molecule has 3 nitrogen and oxygen atoms in total. The highest BCUT2D eigenvalue weighted by Crippen LogP contribution is 2.28. The lowest BCUT2D eigenvalue weighted by Gasteiger charge is -2.07. The van der Waals surface area contributed by atoms with Gasteiger partial charge in [-0.05, 0) is 12.1 Å². The fourth-order valence-corrected chi connectivity index (χ4v) is 1.20. The maximum absolute atomic E-state index is 13.3. The summed E-state index contributed by atoms with van der Waals surface area (Å²) in [6, 6.07) is 5.13. The van der Waals surface area contributed by atoms with Crippen molar-refractivity contribution in [2.24, 2.45) is 0 Å². The minimum atomic E-state index is -0.846. The smallest absolute Gasteiger partial charge is 0.198 e. The van der Waals surface area contributed by atoms with Gasteiger partial charge in [0.15, 0.2) is 17.4 Å². The van der Waals surface area contributed by atoms with E-state index in [1.807, 2.05) is 0 Å². The maximum atomic E-state index is 13.3. The average Bonchev–Trinajstić information content (AvgIpc) is 2.25. The van der Waals surface area contributed by atoms with Gasteiger partial charge in [0, 0.05) is 24.0 Å². The van der Waals surface area contributed by atoms with Crippen LogP contribution in [0.4, 0.5) is 14.5 Å². The molecular weight excluding hydrogens is 214 g/mol. The van der Waals surface area contributed by atoms with E-state index in [1.165, 1.54) is 12.4 Å². The van der Waals surface area contributed by atoms with E-state index in [0.29, 0.717) is 0 Å². The summed E-state index contributed by atoms with van der Waals surface area (Å²) in [6.45, 7) is 0. The largest absolute Gasteiger partial charge is 0.450 e. The van der Waals surface area contributed by atoms with Crippen LogP contribution in [0.15, 0.2) is 36.7 Å². The van der Waals surface area contributed by atoms with Crippen LogP contribution >= 0.6 is 0 Å². The van der Waals surface area contributed by atoms with E-state index in [2.05, 4.69) is 4.98 Å². The topological polar surface area (TPSA) is 48.1 Å². The van der Waals surface area contributed by atoms with Crippen LogP contribution in [0.3, 0.4) is 0 Å². The maximum Gasteiger partial charge on any atom is 0.198 e. The number of rotatable bonds is 2. The second kappa shape index (κ2) is 4.14. The summed E-state index contributed by atoms with van der Waals surface area (Å²) in [6.07, 6.45) is 2.89. The SMILES string of the molecule is Nc1cc(F)c(Oc2cccnc2)c(F)c1. The fourth-order valence-electron chi connectivity index (χ4n) is 1.20. The van der Waals surface area contributed by atoms with Crippen molar-refractivity contribution in [3.05, 3.63) is 48.3 Å². The Labute approximate surface area is 90.5 Å². The Morgan fingerprint density at radius 3 is 2.44 bits per heavy atom. The van der Waals surface area contributed by atoms with E-state index in [1.54, 1.807) is 12.1 Å². The van der Waals surface area contributed by atoms with E-state index in [4.69, 9.17) is 10.5 Å². The van der Waals surface area contributed by atoms with Gasteiger partial charge in [-0.3, -0.25) is 4.98 Å². The van der Waals surface area contributed by atoms with Crippen molar-refractivity contribution in [2.45, 2.75) is 0 Å². The van der Waals surface area contributed by atoms with Crippen molar-refractivity contribution in [1.82, 2.24) is 4.98 Å². The zero-order valence-corrected chi connectivity index (χ0v) is 8.15. The lowest BCUT2D eigenvalue weighted by Crippen LogP contribution is -1.95. The number of nitrogen functional groups attached to an aromatic ring is 1. The molecule has 0 fully saturated rings. The average molecular weight is 222 g/mol. The first-order valence-corrected chi connectivity index (χ1v) is 4.49. The van der Waals surface area contributed by atoms with Crippen LogP contribution in [0.1, 0.15) is 0 Å². The van der Waals surface area contributed by atoms with E-state index >= 15 is 0 Å². The molecule has 1 aromatic heterocycles. The molecule has 0 aliphatic rings. The third-order valence-electron chi connectivity index (χ3n) is 1.87. The number of anilines is 1. The van der Waals surface area contributed by atoms with Gasteiger partial charge in [0.2, 0.25) is 0 Å². The van der Waals surface area contributed by atoms with Crippen LogP contribution in [-0.4, -0.2) is 4.98 Å².